The second-order valence-corrected chi connectivity index (χ2v) is 8.92. The van der Waals surface area contributed by atoms with E-state index in [4.69, 9.17) is 4.74 Å². The van der Waals surface area contributed by atoms with Crippen LogP contribution in [0.1, 0.15) is 36.0 Å². The van der Waals surface area contributed by atoms with Crippen LogP contribution in [0.25, 0.3) is 0 Å². The molecule has 168 valence electrons. The second kappa shape index (κ2) is 9.23. The Morgan fingerprint density at radius 1 is 0.968 bits per heavy atom. The first-order valence-electron chi connectivity index (χ1n) is 9.49. The molecular formula is C20H20F4N2O4S. The van der Waals surface area contributed by atoms with Crippen LogP contribution >= 0.6 is 0 Å². The fourth-order valence-corrected chi connectivity index (χ4v) is 4.85. The molecule has 1 heterocycles. The van der Waals surface area contributed by atoms with Gasteiger partial charge in [-0.05, 0) is 37.1 Å². The molecule has 0 aromatic heterocycles. The Labute approximate surface area is 176 Å². The van der Waals surface area contributed by atoms with Gasteiger partial charge in [-0.2, -0.15) is 4.31 Å². The molecule has 0 atom stereocenters. The number of hydrogen-bond acceptors (Lipinski definition) is 4. The number of halogens is 4. The lowest BCUT2D eigenvalue weighted by atomic mass is 10.1. The van der Waals surface area contributed by atoms with Crippen LogP contribution in [0.3, 0.4) is 0 Å². The molecule has 0 spiro atoms. The Kier molecular flexibility index (Phi) is 6.85. The molecule has 1 fully saturated rings. The number of nitrogens with one attached hydrogen (secondary N) is 1. The van der Waals surface area contributed by atoms with Crippen molar-refractivity contribution in [3.63, 3.8) is 0 Å². The molecule has 3 rings (SSSR count). The number of sulfonamides is 1. The van der Waals surface area contributed by atoms with E-state index >= 15 is 0 Å². The Bertz CT molecular complexity index is 1100. The summed E-state index contributed by atoms with van der Waals surface area (Å²) in [6, 6.07) is 3.92. The molecule has 1 saturated heterocycles. The minimum atomic E-state index is -3.88. The highest BCUT2D eigenvalue weighted by Crippen LogP contribution is 2.31. The van der Waals surface area contributed by atoms with Crippen molar-refractivity contribution in [2.75, 3.05) is 25.5 Å². The number of amides is 1. The number of nitrogens with zero attached hydrogens (tertiary/aromatic N) is 1. The molecule has 2 aromatic carbocycles. The van der Waals surface area contributed by atoms with Crippen molar-refractivity contribution in [3.05, 3.63) is 53.1 Å². The second-order valence-electron chi connectivity index (χ2n) is 6.98. The van der Waals surface area contributed by atoms with Crippen molar-refractivity contribution in [2.45, 2.75) is 30.6 Å². The van der Waals surface area contributed by atoms with E-state index in [1.807, 2.05) is 0 Å². The molecule has 0 saturated carbocycles. The first-order chi connectivity index (χ1) is 14.7. The van der Waals surface area contributed by atoms with Gasteiger partial charge < -0.3 is 10.1 Å². The average Bonchev–Trinajstić information content (AvgIpc) is 3.05. The smallest absolute Gasteiger partial charge is 0.258 e. The Balaban J connectivity index is 1.96. The van der Waals surface area contributed by atoms with E-state index in [0.29, 0.717) is 13.1 Å². The van der Waals surface area contributed by atoms with E-state index in [2.05, 4.69) is 5.32 Å². The van der Waals surface area contributed by atoms with Gasteiger partial charge in [0, 0.05) is 13.1 Å². The molecule has 0 unspecified atom stereocenters. The summed E-state index contributed by atoms with van der Waals surface area (Å²) in [6.45, 7) is 0.713. The summed E-state index contributed by atoms with van der Waals surface area (Å²) in [5, 5.41) is 2.18. The third-order valence-corrected chi connectivity index (χ3v) is 6.86. The number of carbonyl (C=O) groups excluding carboxylic acids is 1. The minimum absolute atomic E-state index is 0.0339. The van der Waals surface area contributed by atoms with Gasteiger partial charge in [-0.25, -0.2) is 26.0 Å². The highest BCUT2D eigenvalue weighted by Gasteiger charge is 2.27. The monoisotopic (exact) mass is 460 g/mol. The van der Waals surface area contributed by atoms with Crippen LogP contribution in [0.2, 0.25) is 0 Å². The normalized spacial score (nSPS) is 15.4. The summed E-state index contributed by atoms with van der Waals surface area (Å²) >= 11 is 0. The van der Waals surface area contributed by atoms with Crippen LogP contribution < -0.4 is 10.1 Å². The van der Waals surface area contributed by atoms with Crippen LogP contribution in [-0.4, -0.2) is 38.8 Å². The van der Waals surface area contributed by atoms with Gasteiger partial charge in [0.1, 0.15) is 5.75 Å². The lowest BCUT2D eigenvalue weighted by molar-refractivity contribution is 0.102. The Morgan fingerprint density at radius 2 is 1.61 bits per heavy atom. The van der Waals surface area contributed by atoms with E-state index in [0.717, 1.165) is 31.7 Å². The van der Waals surface area contributed by atoms with Crippen molar-refractivity contribution in [3.8, 4) is 5.75 Å². The third kappa shape index (κ3) is 4.67. The van der Waals surface area contributed by atoms with Gasteiger partial charge in [-0.3, -0.25) is 4.79 Å². The summed E-state index contributed by atoms with van der Waals surface area (Å²) < 4.78 is 86.5. The third-order valence-electron chi connectivity index (χ3n) is 4.97. The van der Waals surface area contributed by atoms with Gasteiger partial charge >= 0.3 is 0 Å². The Hall–Kier alpha value is -2.66. The lowest BCUT2D eigenvalue weighted by Gasteiger charge is -2.21. The lowest BCUT2D eigenvalue weighted by Crippen LogP contribution is -2.32. The molecule has 1 amide bonds. The zero-order chi connectivity index (χ0) is 22.8. The first-order valence-corrected chi connectivity index (χ1v) is 10.9. The van der Waals surface area contributed by atoms with E-state index < -0.39 is 44.8 Å². The molecule has 6 nitrogen and oxygen atoms in total. The number of anilines is 1. The summed E-state index contributed by atoms with van der Waals surface area (Å²) in [7, 11) is -2.62. The maximum absolute atomic E-state index is 14.0. The molecule has 1 aliphatic heterocycles. The Morgan fingerprint density at radius 3 is 2.23 bits per heavy atom. The largest absolute Gasteiger partial charge is 0.495 e. The van der Waals surface area contributed by atoms with Gasteiger partial charge in [0.05, 0.1) is 23.3 Å². The minimum Gasteiger partial charge on any atom is -0.495 e. The molecule has 0 aliphatic carbocycles. The maximum Gasteiger partial charge on any atom is 0.258 e. The van der Waals surface area contributed by atoms with Crippen molar-refractivity contribution in [1.29, 1.82) is 0 Å². The molecular weight excluding hydrogens is 440 g/mol. The number of rotatable bonds is 5. The van der Waals surface area contributed by atoms with Crippen LogP contribution in [0.5, 0.6) is 5.75 Å². The van der Waals surface area contributed by atoms with Gasteiger partial charge in [0.2, 0.25) is 10.0 Å². The molecule has 31 heavy (non-hydrogen) atoms. The zero-order valence-corrected chi connectivity index (χ0v) is 17.4. The van der Waals surface area contributed by atoms with Crippen LogP contribution in [-0.2, 0) is 10.0 Å². The predicted molar refractivity (Wildman–Crippen MR) is 104 cm³/mol. The summed E-state index contributed by atoms with van der Waals surface area (Å²) in [5.41, 5.74) is -1.24. The van der Waals surface area contributed by atoms with Crippen molar-refractivity contribution in [2.24, 2.45) is 0 Å². The number of hydrogen-bond donors (Lipinski definition) is 1. The van der Waals surface area contributed by atoms with E-state index in [-0.39, 0.29) is 22.4 Å². The summed E-state index contributed by atoms with van der Waals surface area (Å²) in [5.74, 6) is -9.06. The highest BCUT2D eigenvalue weighted by atomic mass is 32.2. The molecule has 0 bridgehead atoms. The topological polar surface area (TPSA) is 75.7 Å². The van der Waals surface area contributed by atoms with Gasteiger partial charge in [-0.15, -0.1) is 0 Å². The number of carbonyl (C=O) groups is 1. The molecule has 0 radical (unpaired) electrons. The van der Waals surface area contributed by atoms with E-state index in [9.17, 15) is 30.8 Å². The molecule has 2 aromatic rings. The number of ether oxygens (including phenoxy) is 1. The van der Waals surface area contributed by atoms with E-state index in [1.165, 1.54) is 23.5 Å². The average molecular weight is 460 g/mol. The van der Waals surface area contributed by atoms with Crippen molar-refractivity contribution < 1.29 is 35.5 Å². The maximum atomic E-state index is 14.0. The van der Waals surface area contributed by atoms with Crippen LogP contribution in [0.15, 0.2) is 29.2 Å². The van der Waals surface area contributed by atoms with E-state index in [1.54, 1.807) is 0 Å². The molecule has 1 N–H and O–H groups in total. The van der Waals surface area contributed by atoms with Gasteiger partial charge in [-0.1, -0.05) is 12.8 Å². The van der Waals surface area contributed by atoms with Crippen LogP contribution in [0.4, 0.5) is 23.2 Å². The standard InChI is InChI=1S/C20H20F4N2O4S/c1-30-16-7-6-12(31(28,29)26-8-4-2-3-5-9-26)10-15(16)25-20(27)13-11-14(21)18(23)19(24)17(13)22/h6-7,10-11H,2-5,8-9H2,1H3,(H,25,27). The first kappa shape index (κ1) is 23.0. The summed E-state index contributed by atoms with van der Waals surface area (Å²) in [6.07, 6.45) is 3.29. The SMILES string of the molecule is COc1ccc(S(=O)(=O)N2CCCCCC2)cc1NC(=O)c1cc(F)c(F)c(F)c1F. The van der Waals surface area contributed by atoms with Crippen molar-refractivity contribution in [1.82, 2.24) is 4.31 Å². The van der Waals surface area contributed by atoms with Gasteiger partial charge in [0.25, 0.3) is 5.91 Å². The highest BCUT2D eigenvalue weighted by molar-refractivity contribution is 7.89. The van der Waals surface area contributed by atoms with Crippen LogP contribution in [0, 0.1) is 23.3 Å². The molecule has 1 aliphatic rings. The fraction of sp³-hybridized carbons (Fsp3) is 0.350. The number of methoxy groups -OCH3 is 1. The van der Waals surface area contributed by atoms with Crippen molar-refractivity contribution >= 4 is 21.6 Å². The number of benzene rings is 2. The zero-order valence-electron chi connectivity index (χ0n) is 16.6. The predicted octanol–water partition coefficient (Wildman–Crippen LogP) is 4.07. The fourth-order valence-electron chi connectivity index (χ4n) is 3.30. The molecule has 11 heteroatoms. The van der Waals surface area contributed by atoms with Gasteiger partial charge in [0.15, 0.2) is 23.3 Å². The quantitative estimate of drug-likeness (QED) is 0.415. The summed E-state index contributed by atoms with van der Waals surface area (Å²) in [4.78, 5) is 12.3.